The molecule has 2 aromatic rings. The highest BCUT2D eigenvalue weighted by Gasteiger charge is 2.15. The van der Waals surface area contributed by atoms with E-state index in [4.69, 9.17) is 4.74 Å². The molecule has 7 heteroatoms. The summed E-state index contributed by atoms with van der Waals surface area (Å²) in [5.41, 5.74) is 5.76. The Morgan fingerprint density at radius 3 is 2.79 bits per heavy atom. The number of amides is 2. The third-order valence-electron chi connectivity index (χ3n) is 5.18. The average Bonchev–Trinajstić information content (AvgIpc) is 3.17. The molecule has 2 amide bonds. The summed E-state index contributed by atoms with van der Waals surface area (Å²) < 4.78 is 5.76. The number of ether oxygens (including phenoxy) is 1. The van der Waals surface area contributed by atoms with Crippen LogP contribution in [0.15, 0.2) is 36.4 Å². The van der Waals surface area contributed by atoms with E-state index < -0.39 is 0 Å². The fourth-order valence-electron chi connectivity index (χ4n) is 3.62. The van der Waals surface area contributed by atoms with Gasteiger partial charge in [-0.2, -0.15) is 0 Å². The smallest absolute Gasteiger partial charge is 0.224 e. The van der Waals surface area contributed by atoms with Crippen LogP contribution in [-0.4, -0.2) is 18.4 Å². The predicted molar refractivity (Wildman–Crippen MR) is 114 cm³/mol. The van der Waals surface area contributed by atoms with Gasteiger partial charge in [0, 0.05) is 38.2 Å². The fraction of sp³-hybridized carbons (Fsp3) is 0.364. The van der Waals surface area contributed by atoms with Crippen molar-refractivity contribution in [3.05, 3.63) is 58.7 Å². The molecule has 0 bridgehead atoms. The van der Waals surface area contributed by atoms with Crippen LogP contribution in [0.3, 0.4) is 0 Å². The van der Waals surface area contributed by atoms with E-state index in [1.54, 1.807) is 0 Å². The molecule has 0 unspecified atom stereocenters. The number of halogens is 1. The molecular weight excluding hydrogens is 390 g/mol. The van der Waals surface area contributed by atoms with Gasteiger partial charge in [-0.15, -0.1) is 12.4 Å². The standard InChI is InChI=1S/C22H25N3O3.ClH/c26-21(24-12-15-3-4-17-13-23-14-18(17)10-15)2-1-9-28-19-6-7-20-16(11-19)5-8-22(27)25-20;/h3-4,6-7,10-11,23H,1-2,5,8-9,12-14H2,(H,24,26)(H,25,27);1H. The van der Waals surface area contributed by atoms with Crippen molar-refractivity contribution in [2.75, 3.05) is 11.9 Å². The Bertz CT molecular complexity index is 901. The molecule has 154 valence electrons. The van der Waals surface area contributed by atoms with Crippen LogP contribution in [0.25, 0.3) is 0 Å². The maximum atomic E-state index is 12.1. The van der Waals surface area contributed by atoms with E-state index in [0.29, 0.717) is 32.4 Å². The van der Waals surface area contributed by atoms with Gasteiger partial charge in [0.25, 0.3) is 0 Å². The minimum absolute atomic E-state index is 0. The highest BCUT2D eigenvalue weighted by molar-refractivity contribution is 5.94. The Morgan fingerprint density at radius 1 is 1.03 bits per heavy atom. The van der Waals surface area contributed by atoms with Gasteiger partial charge < -0.3 is 20.7 Å². The molecular formula is C22H26ClN3O3. The fourth-order valence-corrected chi connectivity index (χ4v) is 3.62. The van der Waals surface area contributed by atoms with Crippen LogP contribution in [0, 0.1) is 0 Å². The number of carbonyl (C=O) groups is 2. The number of nitrogens with one attached hydrogen (secondary N) is 3. The molecule has 0 radical (unpaired) electrons. The van der Waals surface area contributed by atoms with Gasteiger partial charge >= 0.3 is 0 Å². The zero-order chi connectivity index (χ0) is 19.3. The second-order valence-electron chi connectivity index (χ2n) is 7.30. The summed E-state index contributed by atoms with van der Waals surface area (Å²) in [5.74, 6) is 0.876. The van der Waals surface area contributed by atoms with Gasteiger partial charge in [-0.25, -0.2) is 0 Å². The van der Waals surface area contributed by atoms with Crippen molar-refractivity contribution >= 4 is 29.9 Å². The van der Waals surface area contributed by atoms with Crippen molar-refractivity contribution in [2.24, 2.45) is 0 Å². The van der Waals surface area contributed by atoms with Gasteiger partial charge in [0.1, 0.15) is 5.75 Å². The molecule has 0 aromatic heterocycles. The highest BCUT2D eigenvalue weighted by atomic mass is 35.5. The number of hydrogen-bond acceptors (Lipinski definition) is 4. The van der Waals surface area contributed by atoms with E-state index in [9.17, 15) is 9.59 Å². The molecule has 6 nitrogen and oxygen atoms in total. The Morgan fingerprint density at radius 2 is 1.90 bits per heavy atom. The van der Waals surface area contributed by atoms with Gasteiger partial charge in [0.05, 0.1) is 6.61 Å². The van der Waals surface area contributed by atoms with E-state index >= 15 is 0 Å². The second-order valence-corrected chi connectivity index (χ2v) is 7.30. The summed E-state index contributed by atoms with van der Waals surface area (Å²) in [6.07, 6.45) is 2.35. The molecule has 3 N–H and O–H groups in total. The molecule has 29 heavy (non-hydrogen) atoms. The summed E-state index contributed by atoms with van der Waals surface area (Å²) in [6, 6.07) is 12.1. The van der Waals surface area contributed by atoms with E-state index in [1.807, 2.05) is 18.2 Å². The van der Waals surface area contributed by atoms with E-state index in [-0.39, 0.29) is 24.2 Å². The van der Waals surface area contributed by atoms with Gasteiger partial charge in [-0.05, 0) is 53.3 Å². The second kappa shape index (κ2) is 9.76. The van der Waals surface area contributed by atoms with Gasteiger partial charge in [-0.1, -0.05) is 18.2 Å². The number of benzene rings is 2. The average molecular weight is 416 g/mol. The van der Waals surface area contributed by atoms with Crippen LogP contribution in [0.1, 0.15) is 41.5 Å². The lowest BCUT2D eigenvalue weighted by Crippen LogP contribution is -2.23. The third-order valence-corrected chi connectivity index (χ3v) is 5.18. The van der Waals surface area contributed by atoms with E-state index in [0.717, 1.165) is 42.1 Å². The molecule has 0 saturated carbocycles. The minimum atomic E-state index is 0. The van der Waals surface area contributed by atoms with Crippen LogP contribution >= 0.6 is 12.4 Å². The van der Waals surface area contributed by atoms with Crippen molar-refractivity contribution in [2.45, 2.75) is 45.3 Å². The largest absolute Gasteiger partial charge is 0.494 e. The summed E-state index contributed by atoms with van der Waals surface area (Å²) in [4.78, 5) is 23.5. The van der Waals surface area contributed by atoms with Crippen LogP contribution < -0.4 is 20.7 Å². The van der Waals surface area contributed by atoms with Gasteiger partial charge in [0.2, 0.25) is 11.8 Å². The number of rotatable bonds is 7. The number of carbonyl (C=O) groups excluding carboxylic acids is 2. The molecule has 4 rings (SSSR count). The molecule has 0 atom stereocenters. The van der Waals surface area contributed by atoms with Crippen LogP contribution in [0.5, 0.6) is 5.75 Å². The monoisotopic (exact) mass is 415 g/mol. The lowest BCUT2D eigenvalue weighted by Gasteiger charge is -2.17. The number of anilines is 1. The first-order chi connectivity index (χ1) is 13.7. The molecule has 0 fully saturated rings. The first kappa shape index (κ1) is 21.1. The predicted octanol–water partition coefficient (Wildman–Crippen LogP) is 3.07. The molecule has 2 aliphatic rings. The Balaban J connectivity index is 0.00000240. The topological polar surface area (TPSA) is 79.5 Å². The summed E-state index contributed by atoms with van der Waals surface area (Å²) >= 11 is 0. The van der Waals surface area contributed by atoms with Crippen molar-refractivity contribution in [1.82, 2.24) is 10.6 Å². The van der Waals surface area contributed by atoms with E-state index in [2.05, 4.69) is 34.1 Å². The van der Waals surface area contributed by atoms with E-state index in [1.165, 1.54) is 11.1 Å². The van der Waals surface area contributed by atoms with Gasteiger partial charge in [0.15, 0.2) is 0 Å². The first-order valence-corrected chi connectivity index (χ1v) is 9.81. The third kappa shape index (κ3) is 5.49. The Hall–Kier alpha value is -2.57. The zero-order valence-electron chi connectivity index (χ0n) is 16.3. The van der Waals surface area contributed by atoms with Crippen molar-refractivity contribution in [1.29, 1.82) is 0 Å². The maximum Gasteiger partial charge on any atom is 0.224 e. The van der Waals surface area contributed by atoms with Crippen LogP contribution in [-0.2, 0) is 35.6 Å². The molecule has 0 saturated heterocycles. The molecule has 2 heterocycles. The number of hydrogen-bond donors (Lipinski definition) is 3. The number of aryl methyl sites for hydroxylation is 1. The quantitative estimate of drug-likeness (QED) is 0.607. The molecule has 0 spiro atoms. The van der Waals surface area contributed by atoms with Crippen LogP contribution in [0.2, 0.25) is 0 Å². The summed E-state index contributed by atoms with van der Waals surface area (Å²) in [7, 11) is 0. The molecule has 2 aliphatic heterocycles. The minimum Gasteiger partial charge on any atom is -0.494 e. The van der Waals surface area contributed by atoms with Crippen molar-refractivity contribution in [3.63, 3.8) is 0 Å². The van der Waals surface area contributed by atoms with Gasteiger partial charge in [-0.3, -0.25) is 9.59 Å². The lowest BCUT2D eigenvalue weighted by molar-refractivity contribution is -0.121. The first-order valence-electron chi connectivity index (χ1n) is 9.81. The maximum absolute atomic E-state index is 12.1. The Labute approximate surface area is 176 Å². The molecule has 0 aliphatic carbocycles. The summed E-state index contributed by atoms with van der Waals surface area (Å²) in [6.45, 7) is 2.89. The lowest BCUT2D eigenvalue weighted by atomic mass is 10.0. The zero-order valence-corrected chi connectivity index (χ0v) is 17.1. The highest BCUT2D eigenvalue weighted by Crippen LogP contribution is 2.26. The SMILES string of the molecule is Cl.O=C(CCCOc1ccc2c(c1)CCC(=O)N2)NCc1ccc2c(c1)CNC2. The normalized spacial score (nSPS) is 14.3. The number of fused-ring (bicyclic) bond motifs is 2. The van der Waals surface area contributed by atoms with Crippen LogP contribution in [0.4, 0.5) is 5.69 Å². The Kier molecular flexibility index (Phi) is 7.12. The van der Waals surface area contributed by atoms with Crippen molar-refractivity contribution in [3.8, 4) is 5.75 Å². The molecule has 2 aromatic carbocycles. The van der Waals surface area contributed by atoms with Crippen molar-refractivity contribution < 1.29 is 14.3 Å². The summed E-state index contributed by atoms with van der Waals surface area (Å²) in [5, 5.41) is 9.16.